The number of carbonyl (C=O) groups excluding carboxylic acids is 2. The second-order valence-electron chi connectivity index (χ2n) is 5.51. The Morgan fingerprint density at radius 1 is 1.16 bits per heavy atom. The van der Waals surface area contributed by atoms with Crippen molar-refractivity contribution in [1.29, 1.82) is 0 Å². The zero-order valence-electron chi connectivity index (χ0n) is 13.5. The maximum absolute atomic E-state index is 12.6. The van der Waals surface area contributed by atoms with Crippen molar-refractivity contribution in [3.05, 3.63) is 70.9 Å². The first-order chi connectivity index (χ1) is 12.1. The van der Waals surface area contributed by atoms with Crippen molar-refractivity contribution in [2.24, 2.45) is 0 Å². The Morgan fingerprint density at radius 2 is 1.92 bits per heavy atom. The SMILES string of the molecule is COC(=O)C[C@H](NC(=O)c1cc2cc(Cl)ccc2o1)c1ccccc1. The van der Waals surface area contributed by atoms with Gasteiger partial charge in [-0.05, 0) is 29.8 Å². The summed E-state index contributed by atoms with van der Waals surface area (Å²) < 4.78 is 10.3. The topological polar surface area (TPSA) is 68.5 Å². The molecular formula is C19H16ClNO4. The third-order valence-corrected chi connectivity index (χ3v) is 4.04. The molecule has 0 saturated heterocycles. The molecule has 0 radical (unpaired) electrons. The number of hydrogen-bond acceptors (Lipinski definition) is 4. The number of nitrogens with one attached hydrogen (secondary N) is 1. The molecule has 2 aromatic carbocycles. The van der Waals surface area contributed by atoms with Crippen LogP contribution in [0.3, 0.4) is 0 Å². The summed E-state index contributed by atoms with van der Waals surface area (Å²) in [5, 5.41) is 4.12. The average Bonchev–Trinajstić information content (AvgIpc) is 3.05. The number of methoxy groups -OCH3 is 1. The van der Waals surface area contributed by atoms with Crippen LogP contribution in [0.1, 0.15) is 28.6 Å². The molecule has 1 atom stereocenters. The normalized spacial score (nSPS) is 11.9. The van der Waals surface area contributed by atoms with E-state index < -0.39 is 17.9 Å². The predicted molar refractivity (Wildman–Crippen MR) is 94.5 cm³/mol. The molecule has 6 heteroatoms. The monoisotopic (exact) mass is 357 g/mol. The zero-order valence-corrected chi connectivity index (χ0v) is 14.2. The Labute approximate surface area is 149 Å². The van der Waals surface area contributed by atoms with Crippen LogP contribution in [0.15, 0.2) is 59.0 Å². The summed E-state index contributed by atoms with van der Waals surface area (Å²) in [4.78, 5) is 24.2. The molecule has 0 bridgehead atoms. The molecular weight excluding hydrogens is 342 g/mol. The minimum atomic E-state index is -0.516. The van der Waals surface area contributed by atoms with E-state index in [0.29, 0.717) is 10.6 Å². The highest BCUT2D eigenvalue weighted by molar-refractivity contribution is 6.31. The highest BCUT2D eigenvalue weighted by Crippen LogP contribution is 2.24. The van der Waals surface area contributed by atoms with Gasteiger partial charge in [-0.2, -0.15) is 0 Å². The maximum Gasteiger partial charge on any atom is 0.307 e. The van der Waals surface area contributed by atoms with E-state index in [1.54, 1.807) is 24.3 Å². The highest BCUT2D eigenvalue weighted by Gasteiger charge is 2.21. The second-order valence-corrected chi connectivity index (χ2v) is 5.95. The first-order valence-corrected chi connectivity index (χ1v) is 8.06. The Hall–Kier alpha value is -2.79. The van der Waals surface area contributed by atoms with Crippen LogP contribution in [-0.4, -0.2) is 19.0 Å². The zero-order chi connectivity index (χ0) is 17.8. The Kier molecular flexibility index (Phi) is 5.05. The molecule has 0 aliphatic carbocycles. The van der Waals surface area contributed by atoms with Crippen molar-refractivity contribution in [3.8, 4) is 0 Å². The van der Waals surface area contributed by atoms with Crippen molar-refractivity contribution < 1.29 is 18.7 Å². The fraction of sp³-hybridized carbons (Fsp3) is 0.158. The Bertz CT molecular complexity index is 904. The van der Waals surface area contributed by atoms with Gasteiger partial charge in [0.15, 0.2) is 5.76 Å². The minimum Gasteiger partial charge on any atom is -0.469 e. The molecule has 1 aromatic heterocycles. The molecule has 1 heterocycles. The highest BCUT2D eigenvalue weighted by atomic mass is 35.5. The van der Waals surface area contributed by atoms with Gasteiger partial charge in [0.05, 0.1) is 19.6 Å². The van der Waals surface area contributed by atoms with E-state index in [1.807, 2.05) is 30.3 Å². The molecule has 5 nitrogen and oxygen atoms in total. The number of ether oxygens (including phenoxy) is 1. The van der Waals surface area contributed by atoms with Gasteiger partial charge in [-0.15, -0.1) is 0 Å². The Morgan fingerprint density at radius 3 is 2.64 bits per heavy atom. The van der Waals surface area contributed by atoms with Crippen molar-refractivity contribution in [3.63, 3.8) is 0 Å². The van der Waals surface area contributed by atoms with Gasteiger partial charge in [-0.1, -0.05) is 41.9 Å². The number of carbonyl (C=O) groups is 2. The predicted octanol–water partition coefficient (Wildman–Crippen LogP) is 4.12. The number of esters is 1. The summed E-state index contributed by atoms with van der Waals surface area (Å²) in [5.74, 6) is -0.668. The van der Waals surface area contributed by atoms with E-state index in [1.165, 1.54) is 7.11 Å². The van der Waals surface area contributed by atoms with Crippen LogP contribution in [0.25, 0.3) is 11.0 Å². The van der Waals surface area contributed by atoms with E-state index in [2.05, 4.69) is 5.32 Å². The van der Waals surface area contributed by atoms with Gasteiger partial charge in [0.1, 0.15) is 5.58 Å². The van der Waals surface area contributed by atoms with Crippen LogP contribution in [0, 0.1) is 0 Å². The molecule has 0 aliphatic rings. The largest absolute Gasteiger partial charge is 0.469 e. The van der Waals surface area contributed by atoms with Gasteiger partial charge in [-0.3, -0.25) is 9.59 Å². The molecule has 1 amide bonds. The van der Waals surface area contributed by atoms with Gasteiger partial charge >= 0.3 is 5.97 Å². The quantitative estimate of drug-likeness (QED) is 0.697. The van der Waals surface area contributed by atoms with Gasteiger partial charge in [0, 0.05) is 10.4 Å². The Balaban J connectivity index is 1.84. The van der Waals surface area contributed by atoms with Crippen LogP contribution in [-0.2, 0) is 9.53 Å². The first-order valence-electron chi connectivity index (χ1n) is 7.68. The van der Waals surface area contributed by atoms with Crippen LogP contribution in [0.2, 0.25) is 5.02 Å². The summed E-state index contributed by atoms with van der Waals surface area (Å²) in [6.45, 7) is 0. The molecule has 1 N–H and O–H groups in total. The number of rotatable bonds is 5. The number of furan rings is 1. The third kappa shape index (κ3) is 4.00. The fourth-order valence-electron chi connectivity index (χ4n) is 2.54. The van der Waals surface area contributed by atoms with E-state index in [9.17, 15) is 9.59 Å². The van der Waals surface area contributed by atoms with Gasteiger partial charge in [-0.25, -0.2) is 0 Å². The molecule has 0 spiro atoms. The number of fused-ring (bicyclic) bond motifs is 1. The minimum absolute atomic E-state index is 0.0261. The number of benzene rings is 2. The standard InChI is InChI=1S/C19H16ClNO4/c1-24-18(22)11-15(12-5-3-2-4-6-12)21-19(23)17-10-13-9-14(20)7-8-16(13)25-17/h2-10,15H,11H2,1H3,(H,21,23)/t15-/m0/s1. The van der Waals surface area contributed by atoms with Gasteiger partial charge in [0.25, 0.3) is 5.91 Å². The molecule has 3 aromatic rings. The lowest BCUT2D eigenvalue weighted by atomic mass is 10.0. The van der Waals surface area contributed by atoms with Gasteiger partial charge < -0.3 is 14.5 Å². The lowest BCUT2D eigenvalue weighted by Crippen LogP contribution is -2.30. The summed E-state index contributed by atoms with van der Waals surface area (Å²) in [6, 6.07) is 15.5. The number of amides is 1. The smallest absolute Gasteiger partial charge is 0.307 e. The van der Waals surface area contributed by atoms with Crippen molar-refractivity contribution in [2.75, 3.05) is 7.11 Å². The summed E-state index contributed by atoms with van der Waals surface area (Å²) >= 11 is 5.95. The molecule has 128 valence electrons. The second kappa shape index (κ2) is 7.40. The molecule has 0 saturated carbocycles. The lowest BCUT2D eigenvalue weighted by molar-refractivity contribution is -0.141. The van der Waals surface area contributed by atoms with E-state index in [-0.39, 0.29) is 12.2 Å². The summed E-state index contributed by atoms with van der Waals surface area (Å²) in [6.07, 6.45) is 0.0261. The third-order valence-electron chi connectivity index (χ3n) is 3.81. The van der Waals surface area contributed by atoms with Crippen LogP contribution in [0.5, 0.6) is 0 Å². The van der Waals surface area contributed by atoms with Crippen LogP contribution < -0.4 is 5.32 Å². The molecule has 3 rings (SSSR count). The number of hydrogen-bond donors (Lipinski definition) is 1. The van der Waals surface area contributed by atoms with Crippen molar-refractivity contribution >= 4 is 34.4 Å². The summed E-state index contributed by atoms with van der Waals surface area (Å²) in [5.41, 5.74) is 1.37. The molecule has 0 unspecified atom stereocenters. The number of halogens is 1. The molecule has 0 aliphatic heterocycles. The van der Waals surface area contributed by atoms with E-state index in [0.717, 1.165) is 10.9 Å². The maximum atomic E-state index is 12.6. The van der Waals surface area contributed by atoms with Gasteiger partial charge in [0.2, 0.25) is 0 Å². The molecule has 0 fully saturated rings. The lowest BCUT2D eigenvalue weighted by Gasteiger charge is -2.17. The summed E-state index contributed by atoms with van der Waals surface area (Å²) in [7, 11) is 1.31. The van der Waals surface area contributed by atoms with Crippen molar-refractivity contribution in [2.45, 2.75) is 12.5 Å². The average molecular weight is 358 g/mol. The first kappa shape index (κ1) is 17.0. The van der Waals surface area contributed by atoms with Crippen LogP contribution >= 0.6 is 11.6 Å². The fourth-order valence-corrected chi connectivity index (χ4v) is 2.72. The van der Waals surface area contributed by atoms with Crippen molar-refractivity contribution in [1.82, 2.24) is 5.32 Å². The molecule has 25 heavy (non-hydrogen) atoms. The van der Waals surface area contributed by atoms with E-state index in [4.69, 9.17) is 20.8 Å². The van der Waals surface area contributed by atoms with Crippen LogP contribution in [0.4, 0.5) is 0 Å². The van der Waals surface area contributed by atoms with E-state index >= 15 is 0 Å².